The Bertz CT molecular complexity index is 1390. The highest BCUT2D eigenvalue weighted by atomic mass is 35.5. The number of nitrogens with zero attached hydrogens (tertiary/aromatic N) is 1. The smallest absolute Gasteiger partial charge is 0.351 e. The molecule has 1 aromatic heterocycles. The Morgan fingerprint density at radius 3 is 2.37 bits per heavy atom. The molecule has 0 atom stereocenters. The zero-order valence-corrected chi connectivity index (χ0v) is 20.6. The van der Waals surface area contributed by atoms with Crippen LogP contribution in [0.3, 0.4) is 0 Å². The molecule has 4 rings (SSSR count). The lowest BCUT2D eigenvalue weighted by atomic mass is 10.1. The van der Waals surface area contributed by atoms with Gasteiger partial charge in [0, 0.05) is 28.6 Å². The molecule has 0 saturated carbocycles. The standard InChI is InChI=1S/C22H15Cl3F2N4O3S/c23-13-2-1-3-14(24)18(13)35-15-7-16(22(25,26)27)30-19(32)17(15)20(33)31-8-10-4-5-12(29-21(28)34)6-11(10)9-31/h1-7H,8-9H2,(H,30,32)(H3,28,29,34). The Kier molecular flexibility index (Phi) is 7.01. The minimum absolute atomic E-state index is 0.0869. The van der Waals surface area contributed by atoms with Gasteiger partial charge in [-0.1, -0.05) is 47.1 Å². The third kappa shape index (κ3) is 5.40. The molecule has 0 saturated heterocycles. The molecule has 0 unspecified atom stereocenters. The molecule has 2 heterocycles. The molecule has 0 fully saturated rings. The van der Waals surface area contributed by atoms with Crippen LogP contribution in [0.1, 0.15) is 27.2 Å². The molecule has 0 radical (unpaired) electrons. The third-order valence-electron chi connectivity index (χ3n) is 5.13. The van der Waals surface area contributed by atoms with Crippen LogP contribution in [0.15, 0.2) is 57.1 Å². The number of pyridine rings is 1. The molecular weight excluding hydrogens is 545 g/mol. The number of rotatable bonds is 5. The summed E-state index contributed by atoms with van der Waals surface area (Å²) in [4.78, 5) is 41.0. The van der Waals surface area contributed by atoms with Gasteiger partial charge in [-0.05, 0) is 53.1 Å². The van der Waals surface area contributed by atoms with E-state index in [2.05, 4.69) is 5.32 Å². The molecule has 1 aliphatic heterocycles. The fourth-order valence-corrected chi connectivity index (χ4v) is 5.32. The molecule has 2 aromatic carbocycles. The Balaban J connectivity index is 1.73. The van der Waals surface area contributed by atoms with Crippen molar-refractivity contribution in [1.82, 2.24) is 9.88 Å². The number of benzene rings is 2. The largest absolute Gasteiger partial charge is 0.362 e. The molecule has 13 heteroatoms. The van der Waals surface area contributed by atoms with Crippen molar-refractivity contribution >= 4 is 64.2 Å². The van der Waals surface area contributed by atoms with Crippen molar-refractivity contribution in [3.8, 4) is 0 Å². The number of aromatic amines is 1. The molecule has 4 N–H and O–H groups in total. The van der Waals surface area contributed by atoms with Gasteiger partial charge in [-0.3, -0.25) is 9.59 Å². The number of carbonyl (C=O) groups is 2. The average Bonchev–Trinajstić information content (AvgIpc) is 3.18. The Morgan fingerprint density at radius 1 is 1.09 bits per heavy atom. The van der Waals surface area contributed by atoms with Gasteiger partial charge in [0.05, 0.1) is 10.0 Å². The summed E-state index contributed by atoms with van der Waals surface area (Å²) in [6.45, 7) is 0.279. The molecule has 182 valence electrons. The number of anilines is 1. The quantitative estimate of drug-likeness (QED) is 0.345. The van der Waals surface area contributed by atoms with Gasteiger partial charge < -0.3 is 20.9 Å². The minimum Gasteiger partial charge on any atom is -0.351 e. The van der Waals surface area contributed by atoms with E-state index in [0.717, 1.165) is 29.0 Å². The number of urea groups is 1. The number of hydrogen-bond acceptors (Lipinski definition) is 4. The molecule has 7 nitrogen and oxygen atoms in total. The van der Waals surface area contributed by atoms with E-state index in [4.69, 9.17) is 40.5 Å². The summed E-state index contributed by atoms with van der Waals surface area (Å²) in [5.41, 5.74) is 4.83. The Morgan fingerprint density at radius 2 is 1.74 bits per heavy atom. The summed E-state index contributed by atoms with van der Waals surface area (Å²) in [6, 6.07) is 9.87. The number of carbonyl (C=O) groups excluding carboxylic acids is 2. The van der Waals surface area contributed by atoms with Crippen molar-refractivity contribution in [1.29, 1.82) is 0 Å². The monoisotopic (exact) mass is 558 g/mol. The second-order valence-electron chi connectivity index (χ2n) is 7.54. The summed E-state index contributed by atoms with van der Waals surface area (Å²) >= 11 is 18.4. The summed E-state index contributed by atoms with van der Waals surface area (Å²) in [5.74, 6) is -0.693. The van der Waals surface area contributed by atoms with Gasteiger partial charge in [0.1, 0.15) is 11.3 Å². The third-order valence-corrected chi connectivity index (χ3v) is 7.37. The number of primary amides is 1. The van der Waals surface area contributed by atoms with Crippen molar-refractivity contribution < 1.29 is 18.4 Å². The Labute approximate surface area is 216 Å². The molecule has 35 heavy (non-hydrogen) atoms. The lowest BCUT2D eigenvalue weighted by Crippen LogP contribution is -2.32. The van der Waals surface area contributed by atoms with Crippen molar-refractivity contribution in [2.45, 2.75) is 28.3 Å². The minimum atomic E-state index is -3.88. The van der Waals surface area contributed by atoms with E-state index in [0.29, 0.717) is 5.69 Å². The molecule has 1 aliphatic rings. The fourth-order valence-electron chi connectivity index (χ4n) is 3.58. The van der Waals surface area contributed by atoms with Gasteiger partial charge in [0.2, 0.25) is 0 Å². The number of halogens is 5. The second-order valence-corrected chi connectivity index (χ2v) is 9.88. The van der Waals surface area contributed by atoms with E-state index in [1.165, 1.54) is 17.0 Å². The van der Waals surface area contributed by atoms with Crippen LogP contribution in [0.5, 0.6) is 0 Å². The van der Waals surface area contributed by atoms with E-state index in [-0.39, 0.29) is 38.5 Å². The van der Waals surface area contributed by atoms with Crippen LogP contribution in [-0.4, -0.2) is 21.8 Å². The van der Waals surface area contributed by atoms with E-state index in [1.54, 1.807) is 24.3 Å². The number of nitrogens with two attached hydrogens (primary N) is 1. The van der Waals surface area contributed by atoms with E-state index in [1.807, 2.05) is 4.98 Å². The topological polar surface area (TPSA) is 108 Å². The summed E-state index contributed by atoms with van der Waals surface area (Å²) in [7, 11) is 0. The molecule has 0 bridgehead atoms. The van der Waals surface area contributed by atoms with Crippen LogP contribution in [0.4, 0.5) is 19.3 Å². The molecule has 0 spiro atoms. The van der Waals surface area contributed by atoms with Gasteiger partial charge in [-0.25, -0.2) is 4.79 Å². The lowest BCUT2D eigenvalue weighted by Gasteiger charge is -2.19. The molecular formula is C22H15Cl3F2N4O3S. The first kappa shape index (κ1) is 25.3. The maximum atomic E-state index is 13.9. The SMILES string of the molecule is NC(=O)Nc1ccc2c(c1)CN(C(=O)c1c(Sc3c(Cl)cccc3Cl)cc(C(F)(F)Cl)[nH]c1=O)C2. The normalized spacial score (nSPS) is 13.0. The van der Waals surface area contributed by atoms with Gasteiger partial charge in [0.15, 0.2) is 0 Å². The van der Waals surface area contributed by atoms with Crippen LogP contribution < -0.4 is 16.6 Å². The highest BCUT2D eigenvalue weighted by Crippen LogP contribution is 2.41. The first-order chi connectivity index (χ1) is 16.4. The van der Waals surface area contributed by atoms with Crippen LogP contribution in [0, 0.1) is 0 Å². The van der Waals surface area contributed by atoms with Crippen LogP contribution in [0.2, 0.25) is 10.0 Å². The number of fused-ring (bicyclic) bond motifs is 1. The number of alkyl halides is 3. The first-order valence-corrected chi connectivity index (χ1v) is 11.8. The summed E-state index contributed by atoms with van der Waals surface area (Å²) in [6.07, 6.45) is 0. The van der Waals surface area contributed by atoms with Crippen molar-refractivity contribution in [2.24, 2.45) is 5.73 Å². The van der Waals surface area contributed by atoms with Gasteiger partial charge in [-0.2, -0.15) is 8.78 Å². The van der Waals surface area contributed by atoms with Gasteiger partial charge in [-0.15, -0.1) is 0 Å². The number of hydrogen-bond donors (Lipinski definition) is 3. The summed E-state index contributed by atoms with van der Waals surface area (Å²) < 4.78 is 27.7. The Hall–Kier alpha value is -2.79. The summed E-state index contributed by atoms with van der Waals surface area (Å²) in [5, 5.41) is -1.00. The second kappa shape index (κ2) is 9.69. The zero-order chi connectivity index (χ0) is 25.5. The first-order valence-electron chi connectivity index (χ1n) is 9.88. The maximum absolute atomic E-state index is 13.9. The van der Waals surface area contributed by atoms with Crippen LogP contribution >= 0.6 is 46.6 Å². The van der Waals surface area contributed by atoms with Crippen molar-refractivity contribution in [2.75, 3.05) is 5.32 Å². The van der Waals surface area contributed by atoms with Crippen LogP contribution in [-0.2, 0) is 18.5 Å². The maximum Gasteiger partial charge on any atom is 0.362 e. The van der Waals surface area contributed by atoms with Crippen LogP contribution in [0.25, 0.3) is 0 Å². The lowest BCUT2D eigenvalue weighted by molar-refractivity contribution is 0.0740. The van der Waals surface area contributed by atoms with E-state index in [9.17, 15) is 23.2 Å². The van der Waals surface area contributed by atoms with E-state index < -0.39 is 28.6 Å². The zero-order valence-electron chi connectivity index (χ0n) is 17.5. The van der Waals surface area contributed by atoms with Crippen molar-refractivity contribution in [3.63, 3.8) is 0 Å². The molecule has 3 aromatic rings. The number of amides is 3. The molecule has 0 aliphatic carbocycles. The highest BCUT2D eigenvalue weighted by molar-refractivity contribution is 7.99. The predicted octanol–water partition coefficient (Wildman–Crippen LogP) is 5.77. The average molecular weight is 560 g/mol. The van der Waals surface area contributed by atoms with Crippen molar-refractivity contribution in [3.05, 3.63) is 85.2 Å². The number of nitrogens with one attached hydrogen (secondary N) is 2. The van der Waals surface area contributed by atoms with Gasteiger partial charge >= 0.3 is 11.4 Å². The number of aromatic nitrogens is 1. The highest BCUT2D eigenvalue weighted by Gasteiger charge is 2.34. The van der Waals surface area contributed by atoms with E-state index >= 15 is 0 Å². The van der Waals surface area contributed by atoms with Gasteiger partial charge in [0.25, 0.3) is 11.5 Å². The molecule has 3 amide bonds. The number of H-pyrrole nitrogens is 1. The predicted molar refractivity (Wildman–Crippen MR) is 131 cm³/mol. The fraction of sp³-hybridized carbons (Fsp3) is 0.136.